The molecule has 0 spiro atoms. The van der Waals surface area contributed by atoms with Crippen molar-refractivity contribution in [3.63, 3.8) is 0 Å². The number of aryl methyl sites for hydroxylation is 1. The molecule has 0 saturated carbocycles. The van der Waals surface area contributed by atoms with E-state index in [0.29, 0.717) is 0 Å². The summed E-state index contributed by atoms with van der Waals surface area (Å²) in [7, 11) is -4.62. The molecule has 5 nitrogen and oxygen atoms in total. The van der Waals surface area contributed by atoms with E-state index in [0.717, 1.165) is 10.9 Å². The monoisotopic (exact) mass is 416 g/mol. The Morgan fingerprint density at radius 2 is 1.83 bits per heavy atom. The minimum atomic E-state index is -4.62. The van der Waals surface area contributed by atoms with Crippen molar-refractivity contribution in [2.75, 3.05) is 0 Å². The summed E-state index contributed by atoms with van der Waals surface area (Å²) >= 11 is 17.5. The number of aromatic nitrogens is 2. The van der Waals surface area contributed by atoms with E-state index in [1.807, 2.05) is 0 Å². The first kappa shape index (κ1) is 17.7. The Bertz CT molecular complexity index is 892. The zero-order chi connectivity index (χ0) is 17.7. The zero-order valence-electron chi connectivity index (χ0n) is 11.8. The van der Waals surface area contributed by atoms with E-state index in [9.17, 15) is 17.2 Å². The summed E-state index contributed by atoms with van der Waals surface area (Å²) in [6.07, 6.45) is 0.558. The molecule has 0 N–H and O–H groups in total. The Kier molecular flexibility index (Phi) is 4.44. The predicted octanol–water partition coefficient (Wildman–Crippen LogP) is 4.50. The lowest BCUT2D eigenvalue weighted by Crippen LogP contribution is -2.28. The highest BCUT2D eigenvalue weighted by molar-refractivity contribution is 7.87. The van der Waals surface area contributed by atoms with E-state index in [4.69, 9.17) is 39.0 Å². The average molecular weight is 418 g/mol. The maximum Gasteiger partial charge on any atom is 0.342 e. The lowest BCUT2D eigenvalue weighted by molar-refractivity contribution is -0.0394. The van der Waals surface area contributed by atoms with E-state index in [1.165, 1.54) is 12.1 Å². The standard InChI is InChI=1S/C13H9Cl3F2N2O3S/c14-7-4-8(15)11(9(16)5-7)23-24(21,22)10-6-19-20-3-1-2-13(17,18)12(10)20/h4-6H,1-3H2. The van der Waals surface area contributed by atoms with E-state index in [2.05, 4.69) is 5.10 Å². The largest absolute Gasteiger partial charge is 0.376 e. The first-order chi connectivity index (χ1) is 11.1. The second-order valence-corrected chi connectivity index (χ2v) is 7.89. The zero-order valence-corrected chi connectivity index (χ0v) is 14.9. The summed E-state index contributed by atoms with van der Waals surface area (Å²) in [4.78, 5) is -0.714. The average Bonchev–Trinajstić information content (AvgIpc) is 2.89. The van der Waals surface area contributed by atoms with Gasteiger partial charge in [-0.05, 0) is 18.6 Å². The molecule has 11 heteroatoms. The van der Waals surface area contributed by atoms with Crippen LogP contribution in [0.25, 0.3) is 0 Å². The molecule has 0 radical (unpaired) electrons. The second kappa shape index (κ2) is 6.01. The van der Waals surface area contributed by atoms with Crippen LogP contribution in [-0.2, 0) is 22.6 Å². The van der Waals surface area contributed by atoms with Gasteiger partial charge in [-0.3, -0.25) is 4.68 Å². The summed E-state index contributed by atoms with van der Waals surface area (Å²) in [5.74, 6) is -3.71. The first-order valence-electron chi connectivity index (χ1n) is 6.65. The number of halogens is 5. The molecular formula is C13H9Cl3F2N2O3S. The molecular weight excluding hydrogens is 409 g/mol. The van der Waals surface area contributed by atoms with Crippen molar-refractivity contribution in [3.8, 4) is 5.75 Å². The number of alkyl halides is 2. The Labute approximate surface area is 151 Å². The van der Waals surface area contributed by atoms with Gasteiger partial charge in [0.25, 0.3) is 5.92 Å². The van der Waals surface area contributed by atoms with Crippen LogP contribution in [-0.4, -0.2) is 18.2 Å². The third-order valence-electron chi connectivity index (χ3n) is 3.44. The minimum absolute atomic E-state index is 0.163. The second-order valence-electron chi connectivity index (χ2n) is 5.12. The van der Waals surface area contributed by atoms with Crippen molar-refractivity contribution < 1.29 is 21.4 Å². The molecule has 2 aromatic rings. The molecule has 1 aliphatic heterocycles. The molecule has 0 bridgehead atoms. The summed E-state index contributed by atoms with van der Waals surface area (Å²) in [6.45, 7) is 0.197. The summed E-state index contributed by atoms with van der Waals surface area (Å²) < 4.78 is 59.0. The Hall–Kier alpha value is -1.09. The van der Waals surface area contributed by atoms with Crippen LogP contribution in [0.2, 0.25) is 15.1 Å². The molecule has 2 heterocycles. The van der Waals surface area contributed by atoms with Crippen LogP contribution in [0.4, 0.5) is 8.78 Å². The Morgan fingerprint density at radius 3 is 2.46 bits per heavy atom. The SMILES string of the molecule is O=S(=O)(Oc1c(Cl)cc(Cl)cc1Cl)c1cnn2c1C(F)(F)CCC2. The number of rotatable bonds is 3. The van der Waals surface area contributed by atoms with Crippen LogP contribution in [0, 0.1) is 0 Å². The van der Waals surface area contributed by atoms with E-state index in [-0.39, 0.29) is 33.8 Å². The number of hydrogen-bond donors (Lipinski definition) is 0. The lowest BCUT2D eigenvalue weighted by Gasteiger charge is -2.24. The van der Waals surface area contributed by atoms with Gasteiger partial charge in [-0.1, -0.05) is 34.8 Å². The molecule has 1 aliphatic rings. The highest BCUT2D eigenvalue weighted by Gasteiger charge is 2.44. The van der Waals surface area contributed by atoms with Gasteiger partial charge in [0.1, 0.15) is 5.69 Å². The number of nitrogens with zero attached hydrogens (tertiary/aromatic N) is 2. The van der Waals surface area contributed by atoms with Crippen molar-refractivity contribution in [1.29, 1.82) is 0 Å². The van der Waals surface area contributed by atoms with Gasteiger partial charge in [-0.15, -0.1) is 0 Å². The van der Waals surface area contributed by atoms with Gasteiger partial charge in [-0.2, -0.15) is 22.3 Å². The third-order valence-corrected chi connectivity index (χ3v) is 5.44. The van der Waals surface area contributed by atoms with E-state index < -0.39 is 33.1 Å². The van der Waals surface area contributed by atoms with E-state index >= 15 is 0 Å². The van der Waals surface area contributed by atoms with E-state index in [1.54, 1.807) is 0 Å². The van der Waals surface area contributed by atoms with Gasteiger partial charge < -0.3 is 4.18 Å². The molecule has 24 heavy (non-hydrogen) atoms. The third kappa shape index (κ3) is 3.08. The smallest absolute Gasteiger partial charge is 0.342 e. The van der Waals surface area contributed by atoms with Crippen LogP contribution in [0.3, 0.4) is 0 Å². The minimum Gasteiger partial charge on any atom is -0.376 e. The molecule has 1 aromatic heterocycles. The molecule has 3 rings (SSSR count). The van der Waals surface area contributed by atoms with Gasteiger partial charge in [-0.25, -0.2) is 0 Å². The van der Waals surface area contributed by atoms with Crippen molar-refractivity contribution >= 4 is 44.9 Å². The fraction of sp³-hybridized carbons (Fsp3) is 0.308. The predicted molar refractivity (Wildman–Crippen MR) is 84.6 cm³/mol. The van der Waals surface area contributed by atoms with Crippen LogP contribution in [0.5, 0.6) is 5.75 Å². The van der Waals surface area contributed by atoms with Crippen molar-refractivity contribution in [2.24, 2.45) is 0 Å². The summed E-state index contributed by atoms with van der Waals surface area (Å²) in [5.41, 5.74) is -0.699. The lowest BCUT2D eigenvalue weighted by atomic mass is 10.1. The van der Waals surface area contributed by atoms with Crippen LogP contribution in [0.1, 0.15) is 18.5 Å². The molecule has 0 aliphatic carbocycles. The maximum atomic E-state index is 14.1. The Balaban J connectivity index is 2.07. The first-order valence-corrected chi connectivity index (χ1v) is 9.19. The van der Waals surface area contributed by atoms with Gasteiger partial charge in [0, 0.05) is 18.0 Å². The molecule has 0 fully saturated rings. The topological polar surface area (TPSA) is 61.2 Å². The number of fused-ring (bicyclic) bond motifs is 1. The van der Waals surface area contributed by atoms with Crippen molar-refractivity contribution in [3.05, 3.63) is 39.1 Å². The molecule has 0 atom stereocenters. The fourth-order valence-corrected chi connectivity index (χ4v) is 4.56. The molecule has 130 valence electrons. The molecule has 0 saturated heterocycles. The molecule has 1 aromatic carbocycles. The highest BCUT2D eigenvalue weighted by atomic mass is 35.5. The van der Waals surface area contributed by atoms with Crippen molar-refractivity contribution in [1.82, 2.24) is 9.78 Å². The van der Waals surface area contributed by atoms with Gasteiger partial charge >= 0.3 is 10.1 Å². The molecule has 0 amide bonds. The van der Waals surface area contributed by atoms with Gasteiger partial charge in [0.15, 0.2) is 10.6 Å². The summed E-state index contributed by atoms with van der Waals surface area (Å²) in [6, 6.07) is 2.45. The van der Waals surface area contributed by atoms with Crippen LogP contribution < -0.4 is 4.18 Å². The Morgan fingerprint density at radius 1 is 1.21 bits per heavy atom. The van der Waals surface area contributed by atoms with Crippen LogP contribution in [0.15, 0.2) is 23.2 Å². The maximum absolute atomic E-state index is 14.1. The summed E-state index contributed by atoms with van der Waals surface area (Å²) in [5, 5.41) is 3.55. The number of hydrogen-bond acceptors (Lipinski definition) is 4. The van der Waals surface area contributed by atoms with Gasteiger partial charge in [0.2, 0.25) is 0 Å². The highest BCUT2D eigenvalue weighted by Crippen LogP contribution is 2.42. The number of benzene rings is 1. The van der Waals surface area contributed by atoms with Crippen LogP contribution >= 0.6 is 34.8 Å². The normalized spacial score (nSPS) is 16.7. The van der Waals surface area contributed by atoms with Gasteiger partial charge in [0.05, 0.1) is 16.2 Å². The quantitative estimate of drug-likeness (QED) is 0.690. The molecule has 0 unspecified atom stereocenters. The van der Waals surface area contributed by atoms with Crippen molar-refractivity contribution in [2.45, 2.75) is 30.2 Å². The fourth-order valence-electron chi connectivity index (χ4n) is 2.42.